The quantitative estimate of drug-likeness (QED) is 0.531. The van der Waals surface area contributed by atoms with Gasteiger partial charge in [0.1, 0.15) is 0 Å². The third-order valence-corrected chi connectivity index (χ3v) is 1.44. The van der Waals surface area contributed by atoms with E-state index in [0.29, 0.717) is 12.6 Å². The molecule has 0 bridgehead atoms. The summed E-state index contributed by atoms with van der Waals surface area (Å²) >= 11 is 0. The minimum absolute atomic E-state index is 0.353. The zero-order valence-electron chi connectivity index (χ0n) is 5.31. The van der Waals surface area contributed by atoms with Gasteiger partial charge in [0.05, 0.1) is 6.17 Å². The zero-order valence-corrected chi connectivity index (χ0v) is 5.31. The van der Waals surface area contributed by atoms with Crippen LogP contribution in [0.25, 0.3) is 0 Å². The molecule has 1 fully saturated rings. The molecule has 0 unspecified atom stereocenters. The maximum Gasteiger partial charge on any atom is 0.198 e. The first kappa shape index (κ1) is 6.71. The molecule has 51 valence electrons. The molecule has 0 saturated carbocycles. The van der Waals surface area contributed by atoms with E-state index in [1.165, 1.54) is 0 Å². The molecule has 3 nitrogen and oxygen atoms in total. The summed E-state index contributed by atoms with van der Waals surface area (Å²) in [7, 11) is 0. The van der Waals surface area contributed by atoms with Crippen molar-refractivity contribution in [3.8, 4) is 0 Å². The molecule has 0 spiro atoms. The van der Waals surface area contributed by atoms with Gasteiger partial charge in [-0.25, -0.2) is 0 Å². The van der Waals surface area contributed by atoms with Gasteiger partial charge in [-0.1, -0.05) is 0 Å². The highest BCUT2D eigenvalue weighted by atomic mass is 16.1. The molecule has 0 aromatic heterocycles. The second-order valence-corrected chi connectivity index (χ2v) is 2.14. The topological polar surface area (TPSA) is 41.1 Å². The Morgan fingerprint density at radius 2 is 2.11 bits per heavy atom. The maximum absolute atomic E-state index is 9.78. The lowest BCUT2D eigenvalue weighted by atomic mass is 10.3. The van der Waals surface area contributed by atoms with E-state index in [1.807, 2.05) is 6.29 Å². The second kappa shape index (κ2) is 3.58. The van der Waals surface area contributed by atoms with Crippen LogP contribution in [0.3, 0.4) is 0 Å². The van der Waals surface area contributed by atoms with Crippen molar-refractivity contribution < 1.29 is 4.79 Å². The van der Waals surface area contributed by atoms with E-state index in [-0.39, 0.29) is 0 Å². The number of rotatable bonds is 3. The predicted octanol–water partition coefficient (Wildman–Crippen LogP) is -0.605. The Bertz CT molecular complexity index is 89.1. The average molecular weight is 127 g/mol. The fourth-order valence-corrected chi connectivity index (χ4v) is 0.972. The molecule has 3 heteroatoms. The van der Waals surface area contributed by atoms with Crippen molar-refractivity contribution in [1.82, 2.24) is 10.6 Å². The van der Waals surface area contributed by atoms with Gasteiger partial charge < -0.3 is 10.6 Å². The van der Waals surface area contributed by atoms with Crippen LogP contribution in [0.2, 0.25) is 0 Å². The highest BCUT2D eigenvalue weighted by Crippen LogP contribution is 1.93. The molecule has 0 aromatic carbocycles. The maximum atomic E-state index is 9.78. The fourth-order valence-electron chi connectivity index (χ4n) is 0.972. The molecular weight excluding hydrogens is 116 g/mol. The molecule has 1 aliphatic heterocycles. The van der Waals surface area contributed by atoms with Crippen LogP contribution in [0.15, 0.2) is 0 Å². The van der Waals surface area contributed by atoms with Crippen molar-refractivity contribution in [2.24, 2.45) is 0 Å². The Morgan fingerprint density at radius 1 is 1.44 bits per heavy atom. The van der Waals surface area contributed by atoms with Crippen LogP contribution >= 0.6 is 0 Å². The first-order valence-corrected chi connectivity index (χ1v) is 3.25. The summed E-state index contributed by atoms with van der Waals surface area (Å²) in [5, 5.41) is 6.40. The summed E-state index contributed by atoms with van der Waals surface area (Å²) in [5.74, 6) is 0. The molecular formula is C6H11N2O. The van der Waals surface area contributed by atoms with Gasteiger partial charge in [0.2, 0.25) is 0 Å². The van der Waals surface area contributed by atoms with Crippen molar-refractivity contribution >= 4 is 6.29 Å². The summed E-state index contributed by atoms with van der Waals surface area (Å²) in [6.45, 7) is 2.03. The normalized spacial score (nSPS) is 20.4. The summed E-state index contributed by atoms with van der Waals surface area (Å²) < 4.78 is 0. The Morgan fingerprint density at radius 3 is 2.67 bits per heavy atom. The van der Waals surface area contributed by atoms with E-state index in [2.05, 4.69) is 10.6 Å². The zero-order chi connectivity index (χ0) is 6.53. The van der Waals surface area contributed by atoms with Crippen molar-refractivity contribution in [3.05, 3.63) is 0 Å². The molecule has 9 heavy (non-hydrogen) atoms. The van der Waals surface area contributed by atoms with Crippen LogP contribution in [-0.2, 0) is 4.79 Å². The van der Waals surface area contributed by atoms with E-state index in [0.717, 1.165) is 19.5 Å². The SMILES string of the molecule is O=[C]CCC1NCCN1. The minimum atomic E-state index is 0.353. The first-order chi connectivity index (χ1) is 4.43. The summed E-state index contributed by atoms with van der Waals surface area (Å²) in [6, 6.07) is 0. The van der Waals surface area contributed by atoms with E-state index in [4.69, 9.17) is 0 Å². The van der Waals surface area contributed by atoms with Crippen molar-refractivity contribution in [2.45, 2.75) is 19.0 Å². The first-order valence-electron chi connectivity index (χ1n) is 3.25. The average Bonchev–Trinajstić information content (AvgIpc) is 2.34. The van der Waals surface area contributed by atoms with E-state index >= 15 is 0 Å². The van der Waals surface area contributed by atoms with Gasteiger partial charge in [0.15, 0.2) is 6.29 Å². The largest absolute Gasteiger partial charge is 0.301 e. The van der Waals surface area contributed by atoms with Gasteiger partial charge in [-0.2, -0.15) is 0 Å². The van der Waals surface area contributed by atoms with Crippen LogP contribution < -0.4 is 10.6 Å². The predicted molar refractivity (Wildman–Crippen MR) is 34.7 cm³/mol. The summed E-state index contributed by atoms with van der Waals surface area (Å²) in [4.78, 5) is 9.78. The molecule has 1 rings (SSSR count). The van der Waals surface area contributed by atoms with E-state index in [9.17, 15) is 4.79 Å². The summed E-state index contributed by atoms with van der Waals surface area (Å²) in [5.41, 5.74) is 0. The van der Waals surface area contributed by atoms with Crippen LogP contribution in [0.5, 0.6) is 0 Å². The molecule has 2 N–H and O–H groups in total. The van der Waals surface area contributed by atoms with E-state index < -0.39 is 0 Å². The molecule has 0 atom stereocenters. The minimum Gasteiger partial charge on any atom is -0.301 e. The lowest BCUT2D eigenvalue weighted by Crippen LogP contribution is -2.30. The molecule has 1 aliphatic rings. The number of carbonyl (C=O) groups excluding carboxylic acids is 1. The van der Waals surface area contributed by atoms with Gasteiger partial charge in [0, 0.05) is 19.5 Å². The van der Waals surface area contributed by atoms with Crippen LogP contribution in [0.4, 0.5) is 0 Å². The van der Waals surface area contributed by atoms with Gasteiger partial charge in [-0.05, 0) is 6.42 Å². The molecule has 1 heterocycles. The van der Waals surface area contributed by atoms with Crippen LogP contribution in [0.1, 0.15) is 12.8 Å². The highest BCUT2D eigenvalue weighted by molar-refractivity contribution is 5.50. The van der Waals surface area contributed by atoms with Crippen molar-refractivity contribution in [2.75, 3.05) is 13.1 Å². The fraction of sp³-hybridized carbons (Fsp3) is 0.833. The van der Waals surface area contributed by atoms with Crippen molar-refractivity contribution in [1.29, 1.82) is 0 Å². The van der Waals surface area contributed by atoms with Crippen LogP contribution in [-0.4, -0.2) is 25.5 Å². The Kier molecular flexibility index (Phi) is 2.67. The third kappa shape index (κ3) is 2.11. The molecule has 1 radical (unpaired) electrons. The number of hydrogen-bond donors (Lipinski definition) is 2. The lowest BCUT2D eigenvalue weighted by Gasteiger charge is -2.05. The number of nitrogens with one attached hydrogen (secondary N) is 2. The summed E-state index contributed by atoms with van der Waals surface area (Å²) in [6.07, 6.45) is 3.61. The van der Waals surface area contributed by atoms with Crippen molar-refractivity contribution in [3.63, 3.8) is 0 Å². The lowest BCUT2D eigenvalue weighted by molar-refractivity contribution is 0.502. The highest BCUT2D eigenvalue weighted by Gasteiger charge is 2.10. The van der Waals surface area contributed by atoms with Gasteiger partial charge in [-0.15, -0.1) is 0 Å². The Labute approximate surface area is 54.8 Å². The van der Waals surface area contributed by atoms with Crippen LogP contribution in [0, 0.1) is 0 Å². The smallest absolute Gasteiger partial charge is 0.198 e. The van der Waals surface area contributed by atoms with E-state index in [1.54, 1.807) is 0 Å². The van der Waals surface area contributed by atoms with Gasteiger partial charge in [-0.3, -0.25) is 4.79 Å². The molecule has 0 amide bonds. The molecule has 0 aliphatic carbocycles. The Balaban J connectivity index is 2.04. The number of hydrogen-bond acceptors (Lipinski definition) is 3. The van der Waals surface area contributed by atoms with Gasteiger partial charge in [0.25, 0.3) is 0 Å². The second-order valence-electron chi connectivity index (χ2n) is 2.14. The van der Waals surface area contributed by atoms with Gasteiger partial charge >= 0.3 is 0 Å². The third-order valence-electron chi connectivity index (χ3n) is 1.44. The monoisotopic (exact) mass is 127 g/mol. The molecule has 0 aromatic rings. The molecule has 1 saturated heterocycles. The Hall–Kier alpha value is -0.410. The standard InChI is InChI=1S/C6H11N2O/c9-5-1-2-6-7-3-4-8-6/h6-8H,1-4H2.